The molecule has 0 heterocycles. The SMILES string of the molecule is CN(C)CCNCc1ccc(C(=O)O)cc1. The van der Waals surface area contributed by atoms with Crippen molar-refractivity contribution in [1.29, 1.82) is 0 Å². The number of nitrogens with zero attached hydrogens (tertiary/aromatic N) is 1. The molecule has 4 nitrogen and oxygen atoms in total. The van der Waals surface area contributed by atoms with E-state index in [-0.39, 0.29) is 0 Å². The van der Waals surface area contributed by atoms with E-state index in [1.807, 2.05) is 26.2 Å². The van der Waals surface area contributed by atoms with Gasteiger partial charge in [0.05, 0.1) is 5.56 Å². The molecule has 0 aliphatic heterocycles. The second-order valence-electron chi connectivity index (χ2n) is 3.98. The van der Waals surface area contributed by atoms with Gasteiger partial charge >= 0.3 is 5.97 Å². The van der Waals surface area contributed by atoms with E-state index >= 15 is 0 Å². The number of nitrogens with one attached hydrogen (secondary N) is 1. The van der Waals surface area contributed by atoms with Crippen molar-refractivity contribution >= 4 is 5.97 Å². The van der Waals surface area contributed by atoms with Crippen LogP contribution < -0.4 is 5.32 Å². The van der Waals surface area contributed by atoms with E-state index in [1.54, 1.807) is 12.1 Å². The molecule has 16 heavy (non-hydrogen) atoms. The largest absolute Gasteiger partial charge is 0.478 e. The molecule has 0 spiro atoms. The molecule has 0 radical (unpaired) electrons. The maximum Gasteiger partial charge on any atom is 0.335 e. The number of benzene rings is 1. The van der Waals surface area contributed by atoms with Crippen molar-refractivity contribution in [2.75, 3.05) is 27.2 Å². The first-order valence-corrected chi connectivity index (χ1v) is 5.27. The van der Waals surface area contributed by atoms with Gasteiger partial charge in [-0.05, 0) is 31.8 Å². The first-order valence-electron chi connectivity index (χ1n) is 5.27. The fraction of sp³-hybridized carbons (Fsp3) is 0.417. The molecule has 1 rings (SSSR count). The molecule has 0 aliphatic rings. The molecule has 2 N–H and O–H groups in total. The average Bonchev–Trinajstić information content (AvgIpc) is 2.25. The Morgan fingerprint density at radius 3 is 2.44 bits per heavy atom. The van der Waals surface area contributed by atoms with E-state index in [1.165, 1.54) is 0 Å². The summed E-state index contributed by atoms with van der Waals surface area (Å²) >= 11 is 0. The first kappa shape index (κ1) is 12.7. The lowest BCUT2D eigenvalue weighted by atomic mass is 10.1. The molecule has 0 atom stereocenters. The Bertz CT molecular complexity index is 333. The maximum absolute atomic E-state index is 10.6. The third-order valence-electron chi connectivity index (χ3n) is 2.27. The van der Waals surface area contributed by atoms with E-state index in [2.05, 4.69) is 10.2 Å². The number of hydrogen-bond donors (Lipinski definition) is 2. The van der Waals surface area contributed by atoms with Crippen molar-refractivity contribution in [3.05, 3.63) is 35.4 Å². The van der Waals surface area contributed by atoms with Crippen molar-refractivity contribution < 1.29 is 9.90 Å². The fourth-order valence-corrected chi connectivity index (χ4v) is 1.30. The van der Waals surface area contributed by atoms with Gasteiger partial charge in [0.2, 0.25) is 0 Å². The summed E-state index contributed by atoms with van der Waals surface area (Å²) < 4.78 is 0. The number of carbonyl (C=O) groups is 1. The molecule has 88 valence electrons. The summed E-state index contributed by atoms with van der Waals surface area (Å²) in [5.41, 5.74) is 1.43. The first-order chi connectivity index (χ1) is 7.59. The summed E-state index contributed by atoms with van der Waals surface area (Å²) in [6.07, 6.45) is 0. The zero-order chi connectivity index (χ0) is 12.0. The summed E-state index contributed by atoms with van der Waals surface area (Å²) in [4.78, 5) is 12.7. The van der Waals surface area contributed by atoms with Gasteiger partial charge in [0, 0.05) is 19.6 Å². The van der Waals surface area contributed by atoms with E-state index in [0.717, 1.165) is 25.2 Å². The molecule has 0 aliphatic carbocycles. The van der Waals surface area contributed by atoms with E-state index < -0.39 is 5.97 Å². The molecule has 0 unspecified atom stereocenters. The van der Waals surface area contributed by atoms with Gasteiger partial charge in [0.1, 0.15) is 0 Å². The molecule has 1 aromatic rings. The van der Waals surface area contributed by atoms with Gasteiger partial charge in [-0.2, -0.15) is 0 Å². The van der Waals surface area contributed by atoms with E-state index in [9.17, 15) is 4.79 Å². The van der Waals surface area contributed by atoms with Gasteiger partial charge in [-0.3, -0.25) is 0 Å². The van der Waals surface area contributed by atoms with Crippen LogP contribution in [0.2, 0.25) is 0 Å². The molecule has 0 bridgehead atoms. The topological polar surface area (TPSA) is 52.6 Å². The average molecular weight is 222 g/mol. The lowest BCUT2D eigenvalue weighted by molar-refractivity contribution is 0.0697. The Balaban J connectivity index is 2.35. The minimum absolute atomic E-state index is 0.331. The quantitative estimate of drug-likeness (QED) is 0.706. The zero-order valence-corrected chi connectivity index (χ0v) is 9.73. The molecule has 0 fully saturated rings. The molecule has 0 saturated carbocycles. The van der Waals surface area contributed by atoms with Crippen LogP contribution in [0.5, 0.6) is 0 Å². The van der Waals surface area contributed by atoms with Crippen LogP contribution in [0.3, 0.4) is 0 Å². The molecular formula is C12H18N2O2. The highest BCUT2D eigenvalue weighted by Crippen LogP contribution is 2.03. The summed E-state index contributed by atoms with van der Waals surface area (Å²) in [6.45, 7) is 2.69. The Kier molecular flexibility index (Phi) is 4.95. The third kappa shape index (κ3) is 4.42. The molecule has 1 aromatic carbocycles. The Hall–Kier alpha value is -1.39. The molecular weight excluding hydrogens is 204 g/mol. The summed E-state index contributed by atoms with van der Waals surface area (Å²) in [7, 11) is 4.06. The van der Waals surface area contributed by atoms with Crippen molar-refractivity contribution in [1.82, 2.24) is 10.2 Å². The summed E-state index contributed by atoms with van der Waals surface area (Å²) in [5, 5.41) is 12.0. The number of hydrogen-bond acceptors (Lipinski definition) is 3. The van der Waals surface area contributed by atoms with Crippen LogP contribution in [-0.2, 0) is 6.54 Å². The number of rotatable bonds is 6. The van der Waals surface area contributed by atoms with Crippen LogP contribution in [0, 0.1) is 0 Å². The van der Waals surface area contributed by atoms with Crippen LogP contribution in [0.15, 0.2) is 24.3 Å². The second kappa shape index (κ2) is 6.25. The Morgan fingerprint density at radius 2 is 1.94 bits per heavy atom. The predicted molar refractivity (Wildman–Crippen MR) is 63.7 cm³/mol. The molecule has 4 heteroatoms. The number of likely N-dealkylation sites (N-methyl/N-ethyl adjacent to an activating group) is 1. The van der Waals surface area contributed by atoms with Gasteiger partial charge in [0.15, 0.2) is 0 Å². The second-order valence-corrected chi connectivity index (χ2v) is 3.98. The maximum atomic E-state index is 10.6. The summed E-state index contributed by atoms with van der Waals surface area (Å²) in [6, 6.07) is 6.94. The monoisotopic (exact) mass is 222 g/mol. The van der Waals surface area contributed by atoms with Crippen LogP contribution >= 0.6 is 0 Å². The third-order valence-corrected chi connectivity index (χ3v) is 2.27. The highest BCUT2D eigenvalue weighted by Gasteiger charge is 2.01. The Morgan fingerprint density at radius 1 is 1.31 bits per heavy atom. The minimum atomic E-state index is -0.882. The van der Waals surface area contributed by atoms with Crippen molar-refractivity contribution in [3.63, 3.8) is 0 Å². The standard InChI is InChI=1S/C12H18N2O2/c1-14(2)8-7-13-9-10-3-5-11(6-4-10)12(15)16/h3-6,13H,7-9H2,1-2H3,(H,15,16). The predicted octanol–water partition coefficient (Wildman–Crippen LogP) is 1.04. The van der Waals surface area contributed by atoms with Gasteiger partial charge in [-0.25, -0.2) is 4.79 Å². The van der Waals surface area contributed by atoms with Crippen LogP contribution in [0.1, 0.15) is 15.9 Å². The normalized spacial score (nSPS) is 10.7. The van der Waals surface area contributed by atoms with Gasteiger partial charge in [-0.15, -0.1) is 0 Å². The van der Waals surface area contributed by atoms with Crippen LogP contribution in [0.25, 0.3) is 0 Å². The van der Waals surface area contributed by atoms with E-state index in [4.69, 9.17) is 5.11 Å². The highest BCUT2D eigenvalue weighted by molar-refractivity contribution is 5.87. The number of carboxylic acids is 1. The zero-order valence-electron chi connectivity index (χ0n) is 9.73. The van der Waals surface area contributed by atoms with Crippen LogP contribution in [0.4, 0.5) is 0 Å². The molecule has 0 amide bonds. The minimum Gasteiger partial charge on any atom is -0.478 e. The van der Waals surface area contributed by atoms with Crippen LogP contribution in [-0.4, -0.2) is 43.2 Å². The summed E-state index contributed by atoms with van der Waals surface area (Å²) in [5.74, 6) is -0.882. The highest BCUT2D eigenvalue weighted by atomic mass is 16.4. The van der Waals surface area contributed by atoms with Gasteiger partial charge in [0.25, 0.3) is 0 Å². The Labute approximate surface area is 95.9 Å². The van der Waals surface area contributed by atoms with Crippen molar-refractivity contribution in [3.8, 4) is 0 Å². The van der Waals surface area contributed by atoms with Crippen molar-refractivity contribution in [2.45, 2.75) is 6.54 Å². The van der Waals surface area contributed by atoms with E-state index in [0.29, 0.717) is 5.56 Å². The number of carboxylic acid groups (broad SMARTS) is 1. The smallest absolute Gasteiger partial charge is 0.335 e. The molecule has 0 saturated heterocycles. The lowest BCUT2D eigenvalue weighted by Crippen LogP contribution is -2.26. The molecule has 0 aromatic heterocycles. The van der Waals surface area contributed by atoms with Crippen molar-refractivity contribution in [2.24, 2.45) is 0 Å². The number of aromatic carboxylic acids is 1. The fourth-order valence-electron chi connectivity index (χ4n) is 1.30. The lowest BCUT2D eigenvalue weighted by Gasteiger charge is -2.10. The van der Waals surface area contributed by atoms with Gasteiger partial charge < -0.3 is 15.3 Å². The van der Waals surface area contributed by atoms with Gasteiger partial charge in [-0.1, -0.05) is 12.1 Å².